The van der Waals surface area contributed by atoms with Gasteiger partial charge in [-0.05, 0) is 42.3 Å². The molecule has 0 atom stereocenters. The van der Waals surface area contributed by atoms with Crippen LogP contribution in [0.15, 0.2) is 48.5 Å². The van der Waals surface area contributed by atoms with E-state index in [1.165, 1.54) is 0 Å². The summed E-state index contributed by atoms with van der Waals surface area (Å²) in [5.74, 6) is 0. The molecule has 0 saturated heterocycles. The highest BCUT2D eigenvalue weighted by atomic mass is 19.4. The van der Waals surface area contributed by atoms with Crippen molar-refractivity contribution in [2.24, 2.45) is 0 Å². The zero-order chi connectivity index (χ0) is 15.2. The molecule has 2 rings (SSSR count). The average molecular weight is 291 g/mol. The van der Waals surface area contributed by atoms with E-state index in [2.05, 4.69) is 11.8 Å². The number of nitrogens with two attached hydrogens (primary N) is 1. The first-order chi connectivity index (χ1) is 10.1. The van der Waals surface area contributed by atoms with Gasteiger partial charge in [-0.1, -0.05) is 24.3 Å². The fourth-order valence-corrected chi connectivity index (χ4v) is 2.18. The Morgan fingerprint density at radius 3 is 1.86 bits per heavy atom. The molecule has 0 aromatic heterocycles. The van der Waals surface area contributed by atoms with Crippen LogP contribution in [0.1, 0.15) is 18.1 Å². The SMILES string of the molecule is CCN(Cc1ccc(CN(F)F)cc1)c1ccc(N)cc1. The minimum absolute atomic E-state index is 0.351. The van der Waals surface area contributed by atoms with Gasteiger partial charge in [0.05, 0.1) is 6.54 Å². The van der Waals surface area contributed by atoms with Crippen LogP contribution in [0.25, 0.3) is 0 Å². The molecule has 0 spiro atoms. The summed E-state index contributed by atoms with van der Waals surface area (Å²) < 4.78 is 24.3. The highest BCUT2D eigenvalue weighted by Gasteiger charge is 2.06. The molecule has 5 heteroatoms. The predicted octanol–water partition coefficient (Wildman–Crippen LogP) is 3.87. The summed E-state index contributed by atoms with van der Waals surface area (Å²) in [5, 5.41) is -0.818. The zero-order valence-corrected chi connectivity index (χ0v) is 12.0. The lowest BCUT2D eigenvalue weighted by Gasteiger charge is -2.23. The van der Waals surface area contributed by atoms with Gasteiger partial charge < -0.3 is 10.6 Å². The van der Waals surface area contributed by atoms with E-state index in [1.54, 1.807) is 12.1 Å². The van der Waals surface area contributed by atoms with E-state index in [9.17, 15) is 8.96 Å². The van der Waals surface area contributed by atoms with Gasteiger partial charge in [0, 0.05) is 29.8 Å². The molecule has 112 valence electrons. The second-order valence-electron chi connectivity index (χ2n) is 4.88. The zero-order valence-electron chi connectivity index (χ0n) is 12.0. The number of benzene rings is 2. The van der Waals surface area contributed by atoms with Crippen molar-refractivity contribution in [2.75, 3.05) is 17.2 Å². The second kappa shape index (κ2) is 7.04. The number of anilines is 2. The Morgan fingerprint density at radius 2 is 1.38 bits per heavy atom. The molecule has 3 nitrogen and oxygen atoms in total. The summed E-state index contributed by atoms with van der Waals surface area (Å²) in [5.41, 5.74) is 9.20. The van der Waals surface area contributed by atoms with Crippen LogP contribution in [0.4, 0.5) is 20.3 Å². The Balaban J connectivity index is 2.06. The maximum atomic E-state index is 12.2. The molecule has 0 bridgehead atoms. The van der Waals surface area contributed by atoms with E-state index in [0.717, 1.165) is 30.0 Å². The van der Waals surface area contributed by atoms with Gasteiger partial charge in [0.15, 0.2) is 0 Å². The minimum Gasteiger partial charge on any atom is -0.399 e. The van der Waals surface area contributed by atoms with Crippen molar-refractivity contribution >= 4 is 11.4 Å². The Hall–Kier alpha value is -2.14. The maximum absolute atomic E-state index is 12.2. The van der Waals surface area contributed by atoms with Crippen molar-refractivity contribution in [1.29, 1.82) is 0 Å². The Labute approximate surface area is 123 Å². The van der Waals surface area contributed by atoms with Crippen molar-refractivity contribution in [3.05, 3.63) is 59.7 Å². The summed E-state index contributed by atoms with van der Waals surface area (Å²) in [7, 11) is 0. The van der Waals surface area contributed by atoms with Crippen molar-refractivity contribution in [3.8, 4) is 0 Å². The third-order valence-electron chi connectivity index (χ3n) is 3.34. The second-order valence-corrected chi connectivity index (χ2v) is 4.88. The van der Waals surface area contributed by atoms with E-state index < -0.39 is 5.34 Å². The fourth-order valence-electron chi connectivity index (χ4n) is 2.18. The maximum Gasteiger partial charge on any atom is 0.0870 e. The molecule has 0 amide bonds. The number of nitrogens with zero attached hydrogens (tertiary/aromatic N) is 2. The molecule has 21 heavy (non-hydrogen) atoms. The molecule has 0 aliphatic carbocycles. The van der Waals surface area contributed by atoms with Gasteiger partial charge in [-0.25, -0.2) is 0 Å². The molecule has 0 fully saturated rings. The summed E-state index contributed by atoms with van der Waals surface area (Å²) in [6, 6.07) is 15.0. The molecule has 0 heterocycles. The highest BCUT2D eigenvalue weighted by molar-refractivity contribution is 5.53. The first-order valence-electron chi connectivity index (χ1n) is 6.86. The number of halogens is 2. The lowest BCUT2D eigenvalue weighted by Crippen LogP contribution is -2.21. The molecule has 0 aliphatic rings. The average Bonchev–Trinajstić information content (AvgIpc) is 2.47. The Morgan fingerprint density at radius 1 is 0.857 bits per heavy atom. The van der Waals surface area contributed by atoms with Crippen molar-refractivity contribution < 1.29 is 8.96 Å². The summed E-state index contributed by atoms with van der Waals surface area (Å²) in [4.78, 5) is 2.20. The number of hydrogen-bond acceptors (Lipinski definition) is 3. The van der Waals surface area contributed by atoms with Gasteiger partial charge in [0.25, 0.3) is 0 Å². The summed E-state index contributed by atoms with van der Waals surface area (Å²) in [6.45, 7) is 3.31. The van der Waals surface area contributed by atoms with Crippen LogP contribution in [-0.4, -0.2) is 11.9 Å². The van der Waals surface area contributed by atoms with E-state index in [-0.39, 0.29) is 6.54 Å². The molecule has 0 saturated carbocycles. The first-order valence-corrected chi connectivity index (χ1v) is 6.86. The van der Waals surface area contributed by atoms with Gasteiger partial charge in [-0.15, -0.1) is 8.96 Å². The third-order valence-corrected chi connectivity index (χ3v) is 3.34. The highest BCUT2D eigenvalue weighted by Crippen LogP contribution is 2.19. The van der Waals surface area contributed by atoms with Gasteiger partial charge in [0.2, 0.25) is 0 Å². The molecular weight excluding hydrogens is 272 g/mol. The molecule has 0 aliphatic heterocycles. The van der Waals surface area contributed by atoms with Crippen molar-refractivity contribution in [2.45, 2.75) is 20.0 Å². The van der Waals surface area contributed by atoms with Gasteiger partial charge >= 0.3 is 0 Å². The minimum atomic E-state index is -0.818. The summed E-state index contributed by atoms with van der Waals surface area (Å²) in [6.07, 6.45) is 0. The van der Waals surface area contributed by atoms with Crippen LogP contribution in [0.2, 0.25) is 0 Å². The molecule has 0 unspecified atom stereocenters. The topological polar surface area (TPSA) is 32.5 Å². The standard InChI is InChI=1S/C16H19F2N3/c1-2-20(16-9-7-15(19)8-10-16)11-13-3-5-14(6-4-13)12-21(17)18/h3-10H,2,11-12,19H2,1H3. The molecular formula is C16H19F2N3. The molecule has 0 radical (unpaired) electrons. The van der Waals surface area contributed by atoms with Crippen LogP contribution in [-0.2, 0) is 13.1 Å². The van der Waals surface area contributed by atoms with Crippen molar-refractivity contribution in [1.82, 2.24) is 5.34 Å². The van der Waals surface area contributed by atoms with Crippen LogP contribution < -0.4 is 10.6 Å². The Bertz CT molecular complexity index is 553. The lowest BCUT2D eigenvalue weighted by atomic mass is 10.1. The van der Waals surface area contributed by atoms with Gasteiger partial charge in [-0.2, -0.15) is 0 Å². The van der Waals surface area contributed by atoms with Crippen molar-refractivity contribution in [3.63, 3.8) is 0 Å². The fraction of sp³-hybridized carbons (Fsp3) is 0.250. The van der Waals surface area contributed by atoms with Crippen LogP contribution in [0.5, 0.6) is 0 Å². The summed E-state index contributed by atoms with van der Waals surface area (Å²) >= 11 is 0. The van der Waals surface area contributed by atoms with Gasteiger partial charge in [-0.3, -0.25) is 0 Å². The lowest BCUT2D eigenvalue weighted by molar-refractivity contribution is -0.161. The number of nitrogen functional groups attached to an aromatic ring is 1. The smallest absolute Gasteiger partial charge is 0.0870 e. The van der Waals surface area contributed by atoms with Crippen LogP contribution in [0.3, 0.4) is 0 Å². The molecule has 2 N–H and O–H groups in total. The van der Waals surface area contributed by atoms with Crippen LogP contribution in [0, 0.1) is 0 Å². The van der Waals surface area contributed by atoms with E-state index in [4.69, 9.17) is 5.73 Å². The van der Waals surface area contributed by atoms with E-state index in [0.29, 0.717) is 5.56 Å². The number of hydrogen-bond donors (Lipinski definition) is 1. The largest absolute Gasteiger partial charge is 0.399 e. The van der Waals surface area contributed by atoms with E-state index >= 15 is 0 Å². The molecule has 2 aromatic carbocycles. The third kappa shape index (κ3) is 4.43. The number of rotatable bonds is 6. The quantitative estimate of drug-likeness (QED) is 0.648. The first kappa shape index (κ1) is 15.3. The normalized spacial score (nSPS) is 10.9. The monoisotopic (exact) mass is 291 g/mol. The Kier molecular flexibility index (Phi) is 5.11. The predicted molar refractivity (Wildman–Crippen MR) is 81.8 cm³/mol. The van der Waals surface area contributed by atoms with Crippen LogP contribution >= 0.6 is 0 Å². The molecule has 2 aromatic rings. The van der Waals surface area contributed by atoms with E-state index in [1.807, 2.05) is 36.4 Å². The van der Waals surface area contributed by atoms with Gasteiger partial charge in [0.1, 0.15) is 0 Å².